The van der Waals surface area contributed by atoms with Gasteiger partial charge in [0.2, 0.25) is 5.91 Å². The average molecular weight is 340 g/mol. The molecule has 1 amide bonds. The van der Waals surface area contributed by atoms with Crippen molar-refractivity contribution in [2.75, 3.05) is 25.0 Å². The minimum Gasteiger partial charge on any atom is -0.308 e. The van der Waals surface area contributed by atoms with E-state index >= 15 is 0 Å². The Kier molecular flexibility index (Phi) is 3.97. The summed E-state index contributed by atoms with van der Waals surface area (Å²) >= 11 is 1.66. The summed E-state index contributed by atoms with van der Waals surface area (Å²) in [7, 11) is 2.18. The van der Waals surface area contributed by atoms with E-state index in [2.05, 4.69) is 58.8 Å². The van der Waals surface area contributed by atoms with Gasteiger partial charge in [0.05, 0.1) is 5.92 Å². The van der Waals surface area contributed by atoms with E-state index in [4.69, 9.17) is 0 Å². The van der Waals surface area contributed by atoms with E-state index in [1.165, 1.54) is 11.1 Å². The van der Waals surface area contributed by atoms with Crippen molar-refractivity contribution in [1.82, 2.24) is 4.90 Å². The molecule has 2 aliphatic rings. The van der Waals surface area contributed by atoms with Crippen molar-refractivity contribution in [1.29, 1.82) is 0 Å². The van der Waals surface area contributed by atoms with Crippen LogP contribution in [0.15, 0.2) is 35.0 Å². The number of hydrogen-bond acceptors (Lipinski definition) is 3. The van der Waals surface area contributed by atoms with Gasteiger partial charge in [-0.25, -0.2) is 0 Å². The van der Waals surface area contributed by atoms with E-state index < -0.39 is 0 Å². The van der Waals surface area contributed by atoms with E-state index in [0.717, 1.165) is 30.8 Å². The highest BCUT2D eigenvalue weighted by Crippen LogP contribution is 2.46. The maximum Gasteiger partial charge on any atom is 0.234 e. The van der Waals surface area contributed by atoms with E-state index in [0.29, 0.717) is 12.0 Å². The number of carbonyl (C=O) groups is 1. The number of fused-ring (bicyclic) bond motifs is 3. The quantitative estimate of drug-likeness (QED) is 0.825. The lowest BCUT2D eigenvalue weighted by molar-refractivity contribution is -0.120. The number of thiophene rings is 1. The number of hydrogen-bond donors (Lipinski definition) is 0. The molecule has 0 radical (unpaired) electrons. The monoisotopic (exact) mass is 340 g/mol. The number of nitrogens with zero attached hydrogens (tertiary/aromatic N) is 2. The molecule has 2 aromatic rings. The van der Waals surface area contributed by atoms with Crippen LogP contribution in [0.4, 0.5) is 5.69 Å². The average Bonchev–Trinajstić information content (AvgIpc) is 3.19. The third kappa shape index (κ3) is 2.49. The summed E-state index contributed by atoms with van der Waals surface area (Å²) in [5, 5.41) is 4.15. The zero-order valence-corrected chi connectivity index (χ0v) is 15.3. The van der Waals surface area contributed by atoms with Gasteiger partial charge in [0, 0.05) is 24.2 Å². The molecule has 1 fully saturated rings. The van der Waals surface area contributed by atoms with Gasteiger partial charge in [0.1, 0.15) is 0 Å². The van der Waals surface area contributed by atoms with Gasteiger partial charge in [-0.15, -0.1) is 0 Å². The molecular formula is C20H24N2OS. The molecule has 4 rings (SSSR count). The lowest BCUT2D eigenvalue weighted by Crippen LogP contribution is -2.48. The van der Waals surface area contributed by atoms with Gasteiger partial charge >= 0.3 is 0 Å². The summed E-state index contributed by atoms with van der Waals surface area (Å²) in [6.07, 6.45) is 1.05. The zero-order chi connectivity index (χ0) is 16.8. The minimum atomic E-state index is -0.0798. The molecule has 0 saturated carbocycles. The molecule has 3 atom stereocenters. The smallest absolute Gasteiger partial charge is 0.234 e. The van der Waals surface area contributed by atoms with Crippen molar-refractivity contribution >= 4 is 22.9 Å². The number of benzene rings is 1. The summed E-state index contributed by atoms with van der Waals surface area (Å²) < 4.78 is 0. The summed E-state index contributed by atoms with van der Waals surface area (Å²) in [6, 6.07) is 8.96. The fraction of sp³-hybridized carbons (Fsp3) is 0.450. The first-order valence-electron chi connectivity index (χ1n) is 8.70. The Balaban J connectivity index is 1.73. The second-order valence-corrected chi connectivity index (χ2v) is 8.05. The van der Waals surface area contributed by atoms with Crippen LogP contribution in [0.1, 0.15) is 41.9 Å². The predicted molar refractivity (Wildman–Crippen MR) is 100 cm³/mol. The standard InChI is InChI=1S/C20H24N2OS/c1-13-4-5-18-16(10-13)17-11-21(3)8-6-19(17)22(18)20(23)14(2)15-7-9-24-12-15/h4-5,7,9-10,12,14,17,19H,6,8,11H2,1-3H3/t14-,17+,19+/m1/s1. The number of amides is 1. The van der Waals surface area contributed by atoms with Gasteiger partial charge < -0.3 is 9.80 Å². The van der Waals surface area contributed by atoms with Crippen LogP contribution in [0.5, 0.6) is 0 Å². The SMILES string of the molecule is Cc1ccc2c(c1)[C@@H]1CN(C)CC[C@@H]1N2C(=O)[C@H](C)c1ccsc1. The van der Waals surface area contributed by atoms with Crippen molar-refractivity contribution in [3.63, 3.8) is 0 Å². The van der Waals surface area contributed by atoms with Crippen molar-refractivity contribution < 1.29 is 4.79 Å². The van der Waals surface area contributed by atoms with Gasteiger partial charge in [-0.1, -0.05) is 17.7 Å². The van der Waals surface area contributed by atoms with Gasteiger partial charge in [0.25, 0.3) is 0 Å². The number of aryl methyl sites for hydroxylation is 1. The van der Waals surface area contributed by atoms with Gasteiger partial charge in [-0.3, -0.25) is 4.79 Å². The zero-order valence-electron chi connectivity index (χ0n) is 14.5. The van der Waals surface area contributed by atoms with E-state index in [1.54, 1.807) is 11.3 Å². The third-order valence-electron chi connectivity index (χ3n) is 5.60. The lowest BCUT2D eigenvalue weighted by Gasteiger charge is -2.37. The molecule has 2 aliphatic heterocycles. The second kappa shape index (κ2) is 6.01. The normalized spacial score (nSPS) is 24.5. The number of anilines is 1. The van der Waals surface area contributed by atoms with Crippen molar-refractivity contribution in [2.24, 2.45) is 0 Å². The van der Waals surface area contributed by atoms with Crippen LogP contribution in [0, 0.1) is 6.92 Å². The predicted octanol–water partition coefficient (Wildman–Crippen LogP) is 3.99. The fourth-order valence-electron chi connectivity index (χ4n) is 4.24. The van der Waals surface area contributed by atoms with E-state index in [1.807, 2.05) is 6.92 Å². The molecule has 1 saturated heterocycles. The summed E-state index contributed by atoms with van der Waals surface area (Å²) in [4.78, 5) is 17.9. The van der Waals surface area contributed by atoms with Gasteiger partial charge in [0.15, 0.2) is 0 Å². The van der Waals surface area contributed by atoms with Crippen LogP contribution in [0.3, 0.4) is 0 Å². The highest BCUT2D eigenvalue weighted by molar-refractivity contribution is 7.08. The Morgan fingerprint density at radius 1 is 1.33 bits per heavy atom. The second-order valence-electron chi connectivity index (χ2n) is 7.27. The van der Waals surface area contributed by atoms with Crippen LogP contribution in [0.2, 0.25) is 0 Å². The molecule has 0 bridgehead atoms. The molecule has 0 spiro atoms. The summed E-state index contributed by atoms with van der Waals surface area (Å²) in [6.45, 7) is 6.28. The summed E-state index contributed by atoms with van der Waals surface area (Å²) in [5.74, 6) is 0.608. The van der Waals surface area contributed by atoms with Crippen LogP contribution in [-0.4, -0.2) is 37.0 Å². The van der Waals surface area contributed by atoms with Crippen LogP contribution in [0.25, 0.3) is 0 Å². The first-order chi connectivity index (χ1) is 11.6. The minimum absolute atomic E-state index is 0.0798. The Labute approximate surface area is 147 Å². The summed E-state index contributed by atoms with van der Waals surface area (Å²) in [5.41, 5.74) is 4.91. The molecule has 1 aromatic heterocycles. The molecule has 0 unspecified atom stereocenters. The Morgan fingerprint density at radius 3 is 2.92 bits per heavy atom. The first-order valence-corrected chi connectivity index (χ1v) is 9.65. The highest BCUT2D eigenvalue weighted by Gasteiger charge is 2.44. The van der Waals surface area contributed by atoms with Crippen LogP contribution in [-0.2, 0) is 4.79 Å². The molecular weight excluding hydrogens is 316 g/mol. The van der Waals surface area contributed by atoms with Crippen LogP contribution >= 0.6 is 11.3 Å². The molecule has 0 aliphatic carbocycles. The van der Waals surface area contributed by atoms with Crippen LogP contribution < -0.4 is 4.90 Å². The Morgan fingerprint density at radius 2 is 2.17 bits per heavy atom. The lowest BCUT2D eigenvalue weighted by atomic mass is 9.88. The maximum atomic E-state index is 13.3. The van der Waals surface area contributed by atoms with Gasteiger partial charge in [-0.2, -0.15) is 11.3 Å². The maximum absolute atomic E-state index is 13.3. The van der Waals surface area contributed by atoms with E-state index in [9.17, 15) is 4.79 Å². The molecule has 3 nitrogen and oxygen atoms in total. The molecule has 4 heteroatoms. The van der Waals surface area contributed by atoms with Crippen molar-refractivity contribution in [3.05, 3.63) is 51.7 Å². The molecule has 3 heterocycles. The van der Waals surface area contributed by atoms with Gasteiger partial charge in [-0.05, 0) is 67.9 Å². The number of rotatable bonds is 2. The molecule has 0 N–H and O–H groups in total. The number of likely N-dealkylation sites (tertiary alicyclic amines) is 1. The third-order valence-corrected chi connectivity index (χ3v) is 6.31. The molecule has 24 heavy (non-hydrogen) atoms. The fourth-order valence-corrected chi connectivity index (χ4v) is 5.00. The van der Waals surface area contributed by atoms with Crippen molar-refractivity contribution in [3.8, 4) is 0 Å². The first kappa shape index (κ1) is 15.9. The molecule has 1 aromatic carbocycles. The Hall–Kier alpha value is -1.65. The largest absolute Gasteiger partial charge is 0.308 e. The number of likely N-dealkylation sites (N-methyl/N-ethyl adjacent to an activating group) is 1. The topological polar surface area (TPSA) is 23.6 Å². The highest BCUT2D eigenvalue weighted by atomic mass is 32.1. The van der Waals surface area contributed by atoms with Crippen molar-refractivity contribution in [2.45, 2.75) is 38.1 Å². The van der Waals surface area contributed by atoms with E-state index in [-0.39, 0.29) is 11.8 Å². The Bertz CT molecular complexity index is 755. The number of piperidine rings is 1. The molecule has 126 valence electrons. The number of carbonyl (C=O) groups excluding carboxylic acids is 1.